The van der Waals surface area contributed by atoms with Crippen molar-refractivity contribution in [1.29, 1.82) is 0 Å². The van der Waals surface area contributed by atoms with Crippen LogP contribution in [-0.2, 0) is 4.79 Å². The van der Waals surface area contributed by atoms with Crippen LogP contribution in [-0.4, -0.2) is 11.1 Å². The van der Waals surface area contributed by atoms with E-state index in [9.17, 15) is 4.79 Å². The van der Waals surface area contributed by atoms with E-state index in [1.807, 2.05) is 0 Å². The van der Waals surface area contributed by atoms with E-state index in [2.05, 4.69) is 26.7 Å². The van der Waals surface area contributed by atoms with Gasteiger partial charge in [0.15, 0.2) is 0 Å². The van der Waals surface area contributed by atoms with Crippen molar-refractivity contribution in [2.75, 3.05) is 0 Å². The Morgan fingerprint density at radius 1 is 1.62 bits per heavy atom. The van der Waals surface area contributed by atoms with Gasteiger partial charge in [-0.25, -0.2) is 0 Å². The van der Waals surface area contributed by atoms with Gasteiger partial charge in [0.2, 0.25) is 0 Å². The van der Waals surface area contributed by atoms with Crippen molar-refractivity contribution in [2.45, 2.75) is 40.0 Å². The van der Waals surface area contributed by atoms with Crippen LogP contribution in [0.3, 0.4) is 0 Å². The van der Waals surface area contributed by atoms with Crippen molar-refractivity contribution in [3.8, 4) is 12.3 Å². The number of hydrogen-bond acceptors (Lipinski definition) is 1. The summed E-state index contributed by atoms with van der Waals surface area (Å²) in [5.41, 5.74) is 0.0694. The molecule has 0 amide bonds. The van der Waals surface area contributed by atoms with E-state index in [0.717, 1.165) is 6.42 Å². The second-order valence-corrected chi connectivity index (χ2v) is 4.17. The molecule has 0 aliphatic heterocycles. The summed E-state index contributed by atoms with van der Waals surface area (Å²) in [7, 11) is 0. The molecule has 0 radical (unpaired) electrons. The predicted octanol–water partition coefficient (Wildman–Crippen LogP) is 2.54. The van der Waals surface area contributed by atoms with Crippen molar-refractivity contribution in [1.82, 2.24) is 0 Å². The van der Waals surface area contributed by atoms with E-state index < -0.39 is 5.97 Å². The topological polar surface area (TPSA) is 37.3 Å². The molecule has 1 N–H and O–H groups in total. The summed E-state index contributed by atoms with van der Waals surface area (Å²) < 4.78 is 0. The van der Waals surface area contributed by atoms with E-state index in [4.69, 9.17) is 11.5 Å². The Kier molecular flexibility index (Phi) is 4.55. The highest BCUT2D eigenvalue weighted by Crippen LogP contribution is 2.30. The molecule has 2 nitrogen and oxygen atoms in total. The van der Waals surface area contributed by atoms with Crippen molar-refractivity contribution in [2.24, 2.45) is 11.3 Å². The monoisotopic (exact) mass is 182 g/mol. The molecule has 1 atom stereocenters. The van der Waals surface area contributed by atoms with Gasteiger partial charge in [-0.3, -0.25) is 4.79 Å². The summed E-state index contributed by atoms with van der Waals surface area (Å²) in [4.78, 5) is 10.8. The van der Waals surface area contributed by atoms with Gasteiger partial charge < -0.3 is 5.11 Å². The van der Waals surface area contributed by atoms with Crippen LogP contribution in [0.1, 0.15) is 40.0 Å². The van der Waals surface area contributed by atoms with E-state index >= 15 is 0 Å². The maximum Gasteiger partial charge on any atom is 0.307 e. The number of carboxylic acid groups (broad SMARTS) is 1. The van der Waals surface area contributed by atoms with Crippen LogP contribution in [0.2, 0.25) is 0 Å². The van der Waals surface area contributed by atoms with E-state index in [-0.39, 0.29) is 11.3 Å². The van der Waals surface area contributed by atoms with Crippen LogP contribution in [0.5, 0.6) is 0 Å². The molecule has 0 aliphatic rings. The Labute approximate surface area is 80.3 Å². The van der Waals surface area contributed by atoms with Crippen LogP contribution < -0.4 is 0 Å². The first-order valence-electron chi connectivity index (χ1n) is 4.59. The van der Waals surface area contributed by atoms with Gasteiger partial charge in [-0.1, -0.05) is 27.2 Å². The molecule has 0 rings (SSSR count). The van der Waals surface area contributed by atoms with Crippen LogP contribution in [0.25, 0.3) is 0 Å². The molecule has 0 bridgehead atoms. The lowest BCUT2D eigenvalue weighted by atomic mass is 9.80. The highest BCUT2D eigenvalue weighted by Gasteiger charge is 2.25. The van der Waals surface area contributed by atoms with Crippen molar-refractivity contribution in [3.63, 3.8) is 0 Å². The normalized spacial score (nSPS) is 13.4. The Hall–Kier alpha value is -0.970. The molecule has 0 aromatic rings. The van der Waals surface area contributed by atoms with Gasteiger partial charge >= 0.3 is 5.97 Å². The highest BCUT2D eigenvalue weighted by molar-refractivity contribution is 5.70. The van der Waals surface area contributed by atoms with Crippen LogP contribution >= 0.6 is 0 Å². The molecule has 0 heterocycles. The third-order valence-electron chi connectivity index (χ3n) is 2.47. The predicted molar refractivity (Wildman–Crippen MR) is 53.3 cm³/mol. The molecule has 0 aromatic carbocycles. The van der Waals surface area contributed by atoms with Crippen LogP contribution in [0, 0.1) is 23.7 Å². The second kappa shape index (κ2) is 4.91. The molecule has 0 saturated carbocycles. The molecule has 0 aliphatic carbocycles. The number of terminal acetylenes is 1. The number of rotatable bonds is 5. The lowest BCUT2D eigenvalue weighted by molar-refractivity contribution is -0.142. The average molecular weight is 182 g/mol. The fourth-order valence-corrected chi connectivity index (χ4v) is 1.20. The van der Waals surface area contributed by atoms with Gasteiger partial charge in [0.25, 0.3) is 0 Å². The third-order valence-corrected chi connectivity index (χ3v) is 2.47. The molecule has 0 fully saturated rings. The van der Waals surface area contributed by atoms with Crippen LogP contribution in [0.4, 0.5) is 0 Å². The fraction of sp³-hybridized carbons (Fsp3) is 0.727. The Balaban J connectivity index is 4.27. The third kappa shape index (κ3) is 4.57. The zero-order valence-electron chi connectivity index (χ0n) is 8.63. The first kappa shape index (κ1) is 12.0. The summed E-state index contributed by atoms with van der Waals surface area (Å²) in [5, 5.41) is 8.87. The first-order valence-corrected chi connectivity index (χ1v) is 4.59. The molecular formula is C11H18O2. The molecular weight excluding hydrogens is 164 g/mol. The smallest absolute Gasteiger partial charge is 0.307 e. The highest BCUT2D eigenvalue weighted by atomic mass is 16.4. The number of carbonyl (C=O) groups is 1. The number of hydrogen-bond donors (Lipinski definition) is 1. The molecule has 1 unspecified atom stereocenters. The number of carboxylic acids is 1. The average Bonchev–Trinajstić information content (AvgIpc) is 2.03. The largest absolute Gasteiger partial charge is 0.481 e. The number of aliphatic carboxylic acids is 1. The molecule has 0 saturated heterocycles. The van der Waals surface area contributed by atoms with Gasteiger partial charge in [0.05, 0.1) is 5.92 Å². The lowest BCUT2D eigenvalue weighted by Gasteiger charge is -2.25. The van der Waals surface area contributed by atoms with Gasteiger partial charge in [-0.2, -0.15) is 0 Å². The SMILES string of the molecule is C#CCC(CC(C)(C)CC)C(=O)O. The summed E-state index contributed by atoms with van der Waals surface area (Å²) >= 11 is 0. The van der Waals surface area contributed by atoms with E-state index in [1.165, 1.54) is 0 Å². The standard InChI is InChI=1S/C11H18O2/c1-5-7-9(10(12)13)8-11(3,4)6-2/h1,9H,6-8H2,2-4H3,(H,12,13). The molecule has 74 valence electrons. The zero-order chi connectivity index (χ0) is 10.5. The summed E-state index contributed by atoms with van der Waals surface area (Å²) in [6.07, 6.45) is 7.08. The van der Waals surface area contributed by atoms with Crippen molar-refractivity contribution in [3.05, 3.63) is 0 Å². The Bertz CT molecular complexity index is 211. The lowest BCUT2D eigenvalue weighted by Crippen LogP contribution is -2.22. The Morgan fingerprint density at radius 2 is 2.15 bits per heavy atom. The van der Waals surface area contributed by atoms with Gasteiger partial charge in [-0.15, -0.1) is 12.3 Å². The van der Waals surface area contributed by atoms with Gasteiger partial charge in [0.1, 0.15) is 0 Å². The van der Waals surface area contributed by atoms with Gasteiger partial charge in [-0.05, 0) is 11.8 Å². The molecule has 0 spiro atoms. The maximum atomic E-state index is 10.8. The second-order valence-electron chi connectivity index (χ2n) is 4.17. The van der Waals surface area contributed by atoms with Gasteiger partial charge in [0, 0.05) is 6.42 Å². The Morgan fingerprint density at radius 3 is 2.46 bits per heavy atom. The first-order chi connectivity index (χ1) is 5.93. The minimum atomic E-state index is -0.778. The fourth-order valence-electron chi connectivity index (χ4n) is 1.20. The van der Waals surface area contributed by atoms with Crippen LogP contribution in [0.15, 0.2) is 0 Å². The molecule has 0 aromatic heterocycles. The van der Waals surface area contributed by atoms with E-state index in [1.54, 1.807) is 0 Å². The van der Waals surface area contributed by atoms with E-state index in [0.29, 0.717) is 12.8 Å². The maximum absolute atomic E-state index is 10.8. The summed E-state index contributed by atoms with van der Waals surface area (Å²) in [5.74, 6) is 1.25. The van der Waals surface area contributed by atoms with Crippen molar-refractivity contribution >= 4 is 5.97 Å². The molecule has 13 heavy (non-hydrogen) atoms. The zero-order valence-corrected chi connectivity index (χ0v) is 8.63. The summed E-state index contributed by atoms with van der Waals surface area (Å²) in [6.45, 7) is 6.20. The quantitative estimate of drug-likeness (QED) is 0.663. The molecule has 2 heteroatoms. The van der Waals surface area contributed by atoms with Crippen molar-refractivity contribution < 1.29 is 9.90 Å². The minimum Gasteiger partial charge on any atom is -0.481 e. The minimum absolute atomic E-state index is 0.0694. The summed E-state index contributed by atoms with van der Waals surface area (Å²) in [6, 6.07) is 0.